The van der Waals surface area contributed by atoms with E-state index in [-0.39, 0.29) is 0 Å². The number of nitrogens with one attached hydrogen (secondary N) is 1. The molecule has 0 aliphatic rings. The van der Waals surface area contributed by atoms with E-state index in [2.05, 4.69) is 10.4 Å². The lowest BCUT2D eigenvalue weighted by Crippen LogP contribution is -2.55. The number of hydrogen-bond donors (Lipinski definition) is 2. The van der Waals surface area contributed by atoms with Crippen LogP contribution in [0.4, 0.5) is 4.79 Å². The lowest BCUT2D eigenvalue weighted by molar-refractivity contribution is 0.0455. The van der Waals surface area contributed by atoms with E-state index >= 15 is 0 Å². The van der Waals surface area contributed by atoms with Crippen LogP contribution in [0.3, 0.4) is 0 Å². The maximum absolute atomic E-state index is 11.7. The first-order chi connectivity index (χ1) is 8.24. The fourth-order valence-electron chi connectivity index (χ4n) is 1.46. The summed E-state index contributed by atoms with van der Waals surface area (Å²) in [6, 6.07) is 1.82. The van der Waals surface area contributed by atoms with Crippen molar-refractivity contribution in [3.8, 4) is 0 Å². The zero-order valence-corrected chi connectivity index (χ0v) is 11.4. The molecular weight excluding hydrogens is 232 g/mol. The van der Waals surface area contributed by atoms with Crippen LogP contribution in [0.25, 0.3) is 0 Å². The topological polar surface area (TPSA) is 82.2 Å². The number of ether oxygens (including phenoxy) is 1. The fourth-order valence-corrected chi connectivity index (χ4v) is 1.46. The third-order valence-corrected chi connectivity index (χ3v) is 2.32. The van der Waals surface area contributed by atoms with Crippen LogP contribution in [-0.4, -0.2) is 33.6 Å². The summed E-state index contributed by atoms with van der Waals surface area (Å²) in [6.45, 7) is 8.11. The number of rotatable bonds is 4. The van der Waals surface area contributed by atoms with Crippen molar-refractivity contribution in [3.63, 3.8) is 0 Å². The Kier molecular flexibility index (Phi) is 4.34. The van der Waals surface area contributed by atoms with Crippen LogP contribution < -0.4 is 11.1 Å². The van der Waals surface area contributed by atoms with Gasteiger partial charge in [-0.3, -0.25) is 4.68 Å². The summed E-state index contributed by atoms with van der Waals surface area (Å²) in [5.74, 6) is 0. The number of amides is 1. The Morgan fingerprint density at radius 2 is 2.11 bits per heavy atom. The molecule has 1 heterocycles. The summed E-state index contributed by atoms with van der Waals surface area (Å²) in [4.78, 5) is 11.7. The molecule has 0 saturated carbocycles. The molecule has 1 aromatic heterocycles. The largest absolute Gasteiger partial charge is 0.444 e. The quantitative estimate of drug-likeness (QED) is 0.843. The van der Waals surface area contributed by atoms with Gasteiger partial charge in [0.1, 0.15) is 5.60 Å². The van der Waals surface area contributed by atoms with Gasteiger partial charge < -0.3 is 15.8 Å². The predicted octanol–water partition coefficient (Wildman–Crippen LogP) is 1.13. The van der Waals surface area contributed by atoms with Crippen molar-refractivity contribution in [1.29, 1.82) is 0 Å². The van der Waals surface area contributed by atoms with Gasteiger partial charge in [0.05, 0.1) is 12.1 Å². The predicted molar refractivity (Wildman–Crippen MR) is 69.1 cm³/mol. The molecule has 0 spiro atoms. The van der Waals surface area contributed by atoms with E-state index in [1.54, 1.807) is 10.9 Å². The fraction of sp³-hybridized carbons (Fsp3) is 0.667. The van der Waals surface area contributed by atoms with Gasteiger partial charge in [0.2, 0.25) is 0 Å². The third kappa shape index (κ3) is 4.75. The monoisotopic (exact) mass is 254 g/mol. The van der Waals surface area contributed by atoms with Crippen molar-refractivity contribution >= 4 is 6.09 Å². The first-order valence-corrected chi connectivity index (χ1v) is 5.93. The third-order valence-electron chi connectivity index (χ3n) is 2.32. The van der Waals surface area contributed by atoms with Crippen LogP contribution in [0, 0.1) is 0 Å². The number of carbonyl (C=O) groups excluding carboxylic acids is 1. The Labute approximate surface area is 107 Å². The van der Waals surface area contributed by atoms with Crippen molar-refractivity contribution in [2.45, 2.75) is 45.4 Å². The molecule has 0 bridgehead atoms. The summed E-state index contributed by atoms with van der Waals surface area (Å²) in [7, 11) is 0. The van der Waals surface area contributed by atoms with E-state index < -0.39 is 17.2 Å². The van der Waals surface area contributed by atoms with Gasteiger partial charge in [-0.15, -0.1) is 0 Å². The minimum absolute atomic E-state index is 0.298. The highest BCUT2D eigenvalue weighted by Gasteiger charge is 2.28. The highest BCUT2D eigenvalue weighted by molar-refractivity contribution is 5.68. The van der Waals surface area contributed by atoms with Crippen molar-refractivity contribution < 1.29 is 9.53 Å². The van der Waals surface area contributed by atoms with Crippen LogP contribution in [0.1, 0.15) is 27.7 Å². The second-order valence-corrected chi connectivity index (χ2v) is 5.60. The maximum atomic E-state index is 11.7. The Morgan fingerprint density at radius 1 is 1.44 bits per heavy atom. The Balaban J connectivity index is 2.62. The molecule has 0 aliphatic carbocycles. The summed E-state index contributed by atoms with van der Waals surface area (Å²) in [6.07, 6.45) is 3.04. The standard InChI is InChI=1S/C12H22N4O2/c1-11(2,3)18-10(17)15-12(4,8-13)9-16-7-5-6-14-16/h5-7H,8-9,13H2,1-4H3,(H,15,17). The van der Waals surface area contributed by atoms with E-state index in [1.165, 1.54) is 0 Å². The Hall–Kier alpha value is -1.56. The van der Waals surface area contributed by atoms with Gasteiger partial charge in [-0.2, -0.15) is 5.10 Å². The van der Waals surface area contributed by atoms with Gasteiger partial charge in [-0.05, 0) is 33.8 Å². The second-order valence-electron chi connectivity index (χ2n) is 5.60. The van der Waals surface area contributed by atoms with Crippen molar-refractivity contribution in [1.82, 2.24) is 15.1 Å². The number of nitrogens with two attached hydrogens (primary N) is 1. The van der Waals surface area contributed by atoms with Crippen molar-refractivity contribution in [3.05, 3.63) is 18.5 Å². The molecule has 6 heteroatoms. The average molecular weight is 254 g/mol. The van der Waals surface area contributed by atoms with Crippen LogP contribution in [0.5, 0.6) is 0 Å². The molecule has 1 rings (SSSR count). The van der Waals surface area contributed by atoms with Gasteiger partial charge in [0, 0.05) is 18.9 Å². The number of alkyl carbamates (subject to hydrolysis) is 1. The highest BCUT2D eigenvalue weighted by Crippen LogP contribution is 2.10. The van der Waals surface area contributed by atoms with E-state index in [0.717, 1.165) is 0 Å². The van der Waals surface area contributed by atoms with Crippen LogP contribution in [0.2, 0.25) is 0 Å². The van der Waals surface area contributed by atoms with Gasteiger partial charge in [-0.25, -0.2) is 4.79 Å². The number of carbonyl (C=O) groups is 1. The Morgan fingerprint density at radius 3 is 2.56 bits per heavy atom. The lowest BCUT2D eigenvalue weighted by atomic mass is 10.0. The summed E-state index contributed by atoms with van der Waals surface area (Å²) in [5, 5.41) is 6.89. The molecule has 1 unspecified atom stereocenters. The second kappa shape index (κ2) is 5.39. The van der Waals surface area contributed by atoms with Crippen molar-refractivity contribution in [2.24, 2.45) is 5.73 Å². The lowest BCUT2D eigenvalue weighted by Gasteiger charge is -2.30. The minimum atomic E-state index is -0.589. The van der Waals surface area contributed by atoms with E-state index in [9.17, 15) is 4.79 Å². The molecule has 1 amide bonds. The molecule has 0 saturated heterocycles. The van der Waals surface area contributed by atoms with Crippen LogP contribution >= 0.6 is 0 Å². The minimum Gasteiger partial charge on any atom is -0.444 e. The van der Waals surface area contributed by atoms with Gasteiger partial charge in [-0.1, -0.05) is 0 Å². The molecule has 0 aliphatic heterocycles. The number of nitrogens with zero attached hydrogens (tertiary/aromatic N) is 2. The molecule has 1 aromatic rings. The summed E-state index contributed by atoms with van der Waals surface area (Å²) in [5.41, 5.74) is 4.61. The van der Waals surface area contributed by atoms with Gasteiger partial charge in [0.15, 0.2) is 0 Å². The summed E-state index contributed by atoms with van der Waals surface area (Å²) < 4.78 is 6.95. The first kappa shape index (κ1) is 14.5. The molecule has 3 N–H and O–H groups in total. The number of aromatic nitrogens is 2. The molecule has 6 nitrogen and oxygen atoms in total. The van der Waals surface area contributed by atoms with Crippen LogP contribution in [-0.2, 0) is 11.3 Å². The highest BCUT2D eigenvalue weighted by atomic mass is 16.6. The smallest absolute Gasteiger partial charge is 0.408 e. The average Bonchev–Trinajstić information content (AvgIpc) is 2.66. The molecule has 0 fully saturated rings. The van der Waals surface area contributed by atoms with Crippen LogP contribution in [0.15, 0.2) is 18.5 Å². The van der Waals surface area contributed by atoms with Crippen molar-refractivity contribution in [2.75, 3.05) is 6.54 Å². The molecule has 0 aromatic carbocycles. The molecule has 1 atom stereocenters. The SMILES string of the molecule is CC(CN)(Cn1cccn1)NC(=O)OC(C)(C)C. The van der Waals surface area contributed by atoms with E-state index in [4.69, 9.17) is 10.5 Å². The zero-order valence-electron chi connectivity index (χ0n) is 11.4. The zero-order chi connectivity index (χ0) is 13.8. The van der Waals surface area contributed by atoms with E-state index in [1.807, 2.05) is 40.0 Å². The Bertz CT molecular complexity index is 383. The molecule has 102 valence electrons. The number of hydrogen-bond acceptors (Lipinski definition) is 4. The normalized spacial score (nSPS) is 14.9. The van der Waals surface area contributed by atoms with E-state index in [0.29, 0.717) is 13.1 Å². The van der Waals surface area contributed by atoms with Gasteiger partial charge >= 0.3 is 6.09 Å². The summed E-state index contributed by atoms with van der Waals surface area (Å²) >= 11 is 0. The van der Waals surface area contributed by atoms with Gasteiger partial charge in [0.25, 0.3) is 0 Å². The molecule has 0 radical (unpaired) electrons. The first-order valence-electron chi connectivity index (χ1n) is 5.93. The molecule has 18 heavy (non-hydrogen) atoms. The molecular formula is C12H22N4O2. The maximum Gasteiger partial charge on any atom is 0.408 e.